The second kappa shape index (κ2) is 4.08. The number of aromatic nitrogens is 2. The molecular weight excluding hydrogens is 250 g/mol. The minimum absolute atomic E-state index is 0.138. The summed E-state index contributed by atoms with van der Waals surface area (Å²) in [4.78, 5) is 11.0. The van der Waals surface area contributed by atoms with Crippen LogP contribution in [0.2, 0.25) is 0 Å². The molecule has 78 valence electrons. The maximum atomic E-state index is 11.0. The molecule has 0 fully saturated rings. The number of carbonyl (C=O) groups is 1. The highest BCUT2D eigenvalue weighted by atomic mass is 79.9. The van der Waals surface area contributed by atoms with Gasteiger partial charge in [0.25, 0.3) is 0 Å². The van der Waals surface area contributed by atoms with E-state index in [9.17, 15) is 4.79 Å². The Balaban J connectivity index is 2.74. The third-order valence-corrected chi connectivity index (χ3v) is 1.94. The first-order valence-corrected chi connectivity index (χ1v) is 5.25. The van der Waals surface area contributed by atoms with Crippen LogP contribution in [0.3, 0.4) is 0 Å². The van der Waals surface area contributed by atoms with Gasteiger partial charge in [0.2, 0.25) is 11.8 Å². The molecule has 1 N–H and O–H groups in total. The molecule has 1 rings (SSSR count). The van der Waals surface area contributed by atoms with Crippen molar-refractivity contribution in [3.8, 4) is 0 Å². The van der Waals surface area contributed by atoms with E-state index in [0.717, 1.165) is 0 Å². The summed E-state index contributed by atoms with van der Waals surface area (Å²) in [5.74, 6) is 0.288. The van der Waals surface area contributed by atoms with Crippen molar-refractivity contribution in [2.45, 2.75) is 26.2 Å². The number of carbonyl (C=O) groups excluding carboxylic acids is 1. The second-order valence-corrected chi connectivity index (χ2v) is 4.40. The molecule has 1 aromatic heterocycles. The highest BCUT2D eigenvalue weighted by Crippen LogP contribution is 2.21. The van der Waals surface area contributed by atoms with Crippen molar-refractivity contribution in [3.63, 3.8) is 0 Å². The van der Waals surface area contributed by atoms with E-state index in [2.05, 4.69) is 31.4 Å². The number of nitrogens with zero attached hydrogens (tertiary/aromatic N) is 2. The molecule has 0 aromatic carbocycles. The molecule has 0 unspecified atom stereocenters. The highest BCUT2D eigenvalue weighted by molar-refractivity contribution is 9.09. The van der Waals surface area contributed by atoms with E-state index < -0.39 is 0 Å². The first-order chi connectivity index (χ1) is 6.43. The van der Waals surface area contributed by atoms with E-state index in [1.165, 1.54) is 0 Å². The summed E-state index contributed by atoms with van der Waals surface area (Å²) in [5.41, 5.74) is -0.204. The topological polar surface area (TPSA) is 68.0 Å². The van der Waals surface area contributed by atoms with E-state index >= 15 is 0 Å². The van der Waals surface area contributed by atoms with Crippen molar-refractivity contribution in [1.82, 2.24) is 10.2 Å². The molecule has 0 bridgehead atoms. The number of hydrogen-bond acceptors (Lipinski definition) is 4. The number of hydrogen-bond donors (Lipinski definition) is 1. The maximum Gasteiger partial charge on any atom is 0.322 e. The summed E-state index contributed by atoms with van der Waals surface area (Å²) in [7, 11) is 0. The summed E-state index contributed by atoms with van der Waals surface area (Å²) in [5, 5.41) is 10.2. The van der Waals surface area contributed by atoms with Crippen molar-refractivity contribution in [1.29, 1.82) is 0 Å². The SMILES string of the molecule is CC(C)(C)c1nnc(NC(=O)CBr)o1. The lowest BCUT2D eigenvalue weighted by Crippen LogP contribution is -2.12. The van der Waals surface area contributed by atoms with E-state index in [-0.39, 0.29) is 22.7 Å². The van der Waals surface area contributed by atoms with Crippen LogP contribution < -0.4 is 5.32 Å². The van der Waals surface area contributed by atoms with Gasteiger partial charge in [-0.05, 0) is 0 Å². The molecule has 0 saturated heterocycles. The fraction of sp³-hybridized carbons (Fsp3) is 0.625. The Morgan fingerprint density at radius 1 is 1.50 bits per heavy atom. The van der Waals surface area contributed by atoms with Gasteiger partial charge in [-0.2, -0.15) is 0 Å². The lowest BCUT2D eigenvalue weighted by Gasteiger charge is -2.10. The summed E-state index contributed by atoms with van der Waals surface area (Å²) in [6, 6.07) is 0.138. The molecule has 0 saturated carbocycles. The van der Waals surface area contributed by atoms with Crippen LogP contribution in [-0.4, -0.2) is 21.4 Å². The molecular formula is C8H12BrN3O2. The molecule has 0 aliphatic rings. The van der Waals surface area contributed by atoms with Gasteiger partial charge in [-0.15, -0.1) is 5.10 Å². The molecule has 0 spiro atoms. The van der Waals surface area contributed by atoms with Gasteiger partial charge in [0.15, 0.2) is 0 Å². The molecule has 0 atom stereocenters. The zero-order valence-corrected chi connectivity index (χ0v) is 9.88. The molecule has 6 heteroatoms. The number of halogens is 1. The molecule has 5 nitrogen and oxygen atoms in total. The van der Waals surface area contributed by atoms with Crippen LogP contribution in [0.15, 0.2) is 4.42 Å². The first kappa shape index (κ1) is 11.2. The molecule has 1 amide bonds. The highest BCUT2D eigenvalue weighted by Gasteiger charge is 2.21. The van der Waals surface area contributed by atoms with Gasteiger partial charge in [-0.1, -0.05) is 41.8 Å². The predicted octanol–water partition coefficient (Wildman–Crippen LogP) is 1.70. The molecule has 1 aromatic rings. The zero-order valence-electron chi connectivity index (χ0n) is 8.30. The number of nitrogens with one attached hydrogen (secondary N) is 1. The van der Waals surface area contributed by atoms with Crippen molar-refractivity contribution >= 4 is 27.9 Å². The average molecular weight is 262 g/mol. The molecule has 0 aliphatic carbocycles. The van der Waals surface area contributed by atoms with Gasteiger partial charge in [-0.25, -0.2) is 0 Å². The standard InChI is InChI=1S/C8H12BrN3O2/c1-8(2,3)6-11-12-7(14-6)10-5(13)4-9/h4H2,1-3H3,(H,10,12,13). The van der Waals surface area contributed by atoms with Crippen LogP contribution in [0.1, 0.15) is 26.7 Å². The third-order valence-electron chi connectivity index (χ3n) is 1.43. The van der Waals surface area contributed by atoms with Crippen LogP contribution in [0, 0.1) is 0 Å². The van der Waals surface area contributed by atoms with Gasteiger partial charge in [0, 0.05) is 5.41 Å². The molecule has 0 radical (unpaired) electrons. The average Bonchev–Trinajstić information content (AvgIpc) is 2.51. The van der Waals surface area contributed by atoms with E-state index in [0.29, 0.717) is 5.89 Å². The van der Waals surface area contributed by atoms with Crippen molar-refractivity contribution in [2.75, 3.05) is 10.6 Å². The lowest BCUT2D eigenvalue weighted by atomic mass is 9.97. The Morgan fingerprint density at radius 2 is 2.14 bits per heavy atom. The Hall–Kier alpha value is -0.910. The summed E-state index contributed by atoms with van der Waals surface area (Å²) >= 11 is 3.02. The Morgan fingerprint density at radius 3 is 2.57 bits per heavy atom. The van der Waals surface area contributed by atoms with Gasteiger partial charge in [0.05, 0.1) is 5.33 Å². The van der Waals surface area contributed by atoms with Gasteiger partial charge in [-0.3, -0.25) is 10.1 Å². The summed E-state index contributed by atoms with van der Waals surface area (Å²) in [6.45, 7) is 5.86. The number of amides is 1. The quantitative estimate of drug-likeness (QED) is 0.823. The van der Waals surface area contributed by atoms with Gasteiger partial charge in [0.1, 0.15) is 0 Å². The Kier molecular flexibility index (Phi) is 3.25. The molecule has 0 aliphatic heterocycles. The van der Waals surface area contributed by atoms with Crippen LogP contribution in [0.25, 0.3) is 0 Å². The largest absolute Gasteiger partial charge is 0.407 e. The van der Waals surface area contributed by atoms with E-state index in [4.69, 9.17) is 4.42 Å². The van der Waals surface area contributed by atoms with Crippen LogP contribution in [0.4, 0.5) is 6.01 Å². The molecule has 14 heavy (non-hydrogen) atoms. The van der Waals surface area contributed by atoms with E-state index in [1.54, 1.807) is 0 Å². The lowest BCUT2D eigenvalue weighted by molar-refractivity contribution is -0.113. The van der Waals surface area contributed by atoms with Gasteiger partial charge >= 0.3 is 6.01 Å². The number of anilines is 1. The minimum Gasteiger partial charge on any atom is -0.407 e. The van der Waals surface area contributed by atoms with Crippen molar-refractivity contribution < 1.29 is 9.21 Å². The first-order valence-electron chi connectivity index (χ1n) is 4.13. The Bertz CT molecular complexity index is 330. The van der Waals surface area contributed by atoms with Crippen molar-refractivity contribution in [2.24, 2.45) is 0 Å². The van der Waals surface area contributed by atoms with Crippen molar-refractivity contribution in [3.05, 3.63) is 5.89 Å². The van der Waals surface area contributed by atoms with Crippen LogP contribution in [-0.2, 0) is 10.2 Å². The summed E-state index contributed by atoms with van der Waals surface area (Å²) < 4.78 is 5.25. The normalized spacial score (nSPS) is 11.4. The maximum absolute atomic E-state index is 11.0. The summed E-state index contributed by atoms with van der Waals surface area (Å²) in [6.07, 6.45) is 0. The van der Waals surface area contributed by atoms with Crippen LogP contribution >= 0.6 is 15.9 Å². The third kappa shape index (κ3) is 2.80. The van der Waals surface area contributed by atoms with Crippen LogP contribution in [0.5, 0.6) is 0 Å². The molecule has 1 heterocycles. The second-order valence-electron chi connectivity index (χ2n) is 3.84. The predicted molar refractivity (Wildman–Crippen MR) is 55.4 cm³/mol. The Labute approximate surface area is 90.4 Å². The fourth-order valence-electron chi connectivity index (χ4n) is 0.730. The van der Waals surface area contributed by atoms with E-state index in [1.807, 2.05) is 20.8 Å². The van der Waals surface area contributed by atoms with Gasteiger partial charge < -0.3 is 4.42 Å². The fourth-order valence-corrected chi connectivity index (χ4v) is 0.870. The number of alkyl halides is 1. The minimum atomic E-state index is -0.214. The smallest absolute Gasteiger partial charge is 0.322 e. The zero-order chi connectivity index (χ0) is 10.8. The monoisotopic (exact) mass is 261 g/mol. The number of rotatable bonds is 2.